The second-order valence-corrected chi connectivity index (χ2v) is 8.55. The van der Waals surface area contributed by atoms with Crippen LogP contribution in [0, 0.1) is 11.7 Å². The van der Waals surface area contributed by atoms with Gasteiger partial charge in [0.05, 0.1) is 11.0 Å². The summed E-state index contributed by atoms with van der Waals surface area (Å²) in [7, 11) is -3.09. The van der Waals surface area contributed by atoms with Gasteiger partial charge in [0.1, 0.15) is 5.82 Å². The van der Waals surface area contributed by atoms with Gasteiger partial charge in [-0.15, -0.1) is 0 Å². The topological polar surface area (TPSA) is 54.5 Å². The van der Waals surface area contributed by atoms with Crippen LogP contribution >= 0.6 is 0 Å². The van der Waals surface area contributed by atoms with Crippen molar-refractivity contribution >= 4 is 15.7 Å². The Kier molecular flexibility index (Phi) is 5.21. The molecule has 0 N–H and O–H groups in total. The Morgan fingerprint density at radius 2 is 1.77 bits per heavy atom. The second-order valence-electron chi connectivity index (χ2n) is 6.22. The van der Waals surface area contributed by atoms with Gasteiger partial charge in [0, 0.05) is 18.7 Å². The van der Waals surface area contributed by atoms with Gasteiger partial charge >= 0.3 is 0 Å². The van der Waals surface area contributed by atoms with Crippen molar-refractivity contribution in [1.82, 2.24) is 4.90 Å². The fraction of sp³-hybridized carbons (Fsp3) is 0.562. The Bertz CT molecular complexity index is 617. The number of benzene rings is 1. The maximum atomic E-state index is 12.9. The molecule has 0 aliphatic carbocycles. The fourth-order valence-corrected chi connectivity index (χ4v) is 4.92. The first kappa shape index (κ1) is 16.9. The largest absolute Gasteiger partial charge is 0.339 e. The van der Waals surface area contributed by atoms with E-state index in [1.54, 1.807) is 4.90 Å². The molecular weight excluding hydrogens is 305 g/mol. The van der Waals surface area contributed by atoms with Crippen molar-refractivity contribution in [2.45, 2.75) is 31.9 Å². The molecule has 0 radical (unpaired) electrons. The Labute approximate surface area is 131 Å². The number of hydrogen-bond acceptors (Lipinski definition) is 3. The van der Waals surface area contributed by atoms with Crippen LogP contribution in [-0.2, 0) is 9.84 Å². The first-order valence-electron chi connectivity index (χ1n) is 7.56. The maximum Gasteiger partial charge on any atom is 0.253 e. The molecule has 1 heterocycles. The standard InChI is InChI=1S/C16H22FNO3S/c1-12(2)11-22(20,21)15-7-9-18(10-8-15)16(19)13-3-5-14(17)6-4-13/h3-6,12,15H,7-11H2,1-2H3. The minimum absolute atomic E-state index is 0.115. The summed E-state index contributed by atoms with van der Waals surface area (Å²) in [5, 5.41) is -0.354. The van der Waals surface area contributed by atoms with Gasteiger partial charge in [-0.2, -0.15) is 0 Å². The van der Waals surface area contributed by atoms with Crippen LogP contribution in [0.3, 0.4) is 0 Å². The minimum Gasteiger partial charge on any atom is -0.339 e. The van der Waals surface area contributed by atoms with Crippen molar-refractivity contribution in [2.24, 2.45) is 5.92 Å². The number of piperidine rings is 1. The SMILES string of the molecule is CC(C)CS(=O)(=O)C1CCN(C(=O)c2ccc(F)cc2)CC1. The third-order valence-electron chi connectivity index (χ3n) is 3.89. The van der Waals surface area contributed by atoms with Gasteiger partial charge in [0.25, 0.3) is 5.91 Å². The van der Waals surface area contributed by atoms with Crippen molar-refractivity contribution < 1.29 is 17.6 Å². The lowest BCUT2D eigenvalue weighted by Gasteiger charge is -2.32. The lowest BCUT2D eigenvalue weighted by atomic mass is 10.1. The van der Waals surface area contributed by atoms with E-state index in [2.05, 4.69) is 0 Å². The molecule has 22 heavy (non-hydrogen) atoms. The Hall–Kier alpha value is -1.43. The average Bonchev–Trinajstić information content (AvgIpc) is 2.46. The quantitative estimate of drug-likeness (QED) is 0.854. The molecule has 1 aromatic carbocycles. The summed E-state index contributed by atoms with van der Waals surface area (Å²) in [6.07, 6.45) is 0.948. The van der Waals surface area contributed by atoms with Gasteiger partial charge in [-0.3, -0.25) is 4.79 Å². The number of halogens is 1. The highest BCUT2D eigenvalue weighted by Crippen LogP contribution is 2.21. The van der Waals surface area contributed by atoms with Crippen molar-refractivity contribution in [1.29, 1.82) is 0 Å². The molecule has 1 fully saturated rings. The highest BCUT2D eigenvalue weighted by atomic mass is 32.2. The molecule has 0 aromatic heterocycles. The van der Waals surface area contributed by atoms with Crippen molar-refractivity contribution in [3.05, 3.63) is 35.6 Å². The molecule has 122 valence electrons. The molecule has 1 aliphatic rings. The first-order chi connectivity index (χ1) is 10.3. The minimum atomic E-state index is -3.09. The summed E-state index contributed by atoms with van der Waals surface area (Å²) >= 11 is 0. The Morgan fingerprint density at radius 3 is 2.27 bits per heavy atom. The Balaban J connectivity index is 1.97. The number of sulfone groups is 1. The molecule has 2 rings (SSSR count). The molecule has 1 aromatic rings. The van der Waals surface area contributed by atoms with Gasteiger partial charge in [0.15, 0.2) is 9.84 Å². The zero-order chi connectivity index (χ0) is 16.3. The fourth-order valence-electron chi connectivity index (χ4n) is 2.79. The molecule has 0 unspecified atom stereocenters. The third-order valence-corrected chi connectivity index (χ3v) is 6.51. The summed E-state index contributed by atoms with van der Waals surface area (Å²) in [5.41, 5.74) is 0.435. The first-order valence-corrected chi connectivity index (χ1v) is 9.27. The van der Waals surface area contributed by atoms with Crippen LogP contribution in [0.4, 0.5) is 4.39 Å². The molecule has 0 atom stereocenters. The van der Waals surface area contributed by atoms with Gasteiger partial charge < -0.3 is 4.90 Å². The summed E-state index contributed by atoms with van der Waals surface area (Å²) in [5.74, 6) is -0.234. The number of likely N-dealkylation sites (tertiary alicyclic amines) is 1. The molecule has 1 saturated heterocycles. The van der Waals surface area contributed by atoms with Crippen LogP contribution in [0.5, 0.6) is 0 Å². The van der Waals surface area contributed by atoms with Gasteiger partial charge in [0.2, 0.25) is 0 Å². The monoisotopic (exact) mass is 327 g/mol. The van der Waals surface area contributed by atoms with E-state index in [9.17, 15) is 17.6 Å². The third kappa shape index (κ3) is 4.06. The molecule has 1 amide bonds. The molecule has 6 heteroatoms. The number of rotatable bonds is 4. The van der Waals surface area contributed by atoms with E-state index in [0.717, 1.165) is 0 Å². The lowest BCUT2D eigenvalue weighted by Crippen LogP contribution is -2.43. The number of hydrogen-bond donors (Lipinski definition) is 0. The normalized spacial score (nSPS) is 17.0. The molecule has 0 saturated carbocycles. The average molecular weight is 327 g/mol. The van der Waals surface area contributed by atoms with E-state index < -0.39 is 9.84 Å². The molecular formula is C16H22FNO3S. The van der Waals surface area contributed by atoms with Crippen molar-refractivity contribution in [2.75, 3.05) is 18.8 Å². The number of carbonyl (C=O) groups excluding carboxylic acids is 1. The van der Waals surface area contributed by atoms with E-state index in [4.69, 9.17) is 0 Å². The van der Waals surface area contributed by atoms with E-state index >= 15 is 0 Å². The molecule has 4 nitrogen and oxygen atoms in total. The Morgan fingerprint density at radius 1 is 1.23 bits per heavy atom. The van der Waals surface area contributed by atoms with E-state index in [0.29, 0.717) is 31.5 Å². The summed E-state index contributed by atoms with van der Waals surface area (Å²) < 4.78 is 37.4. The van der Waals surface area contributed by atoms with Crippen LogP contribution in [0.15, 0.2) is 24.3 Å². The lowest BCUT2D eigenvalue weighted by molar-refractivity contribution is 0.0725. The predicted octanol–water partition coefficient (Wildman–Crippen LogP) is 2.50. The second kappa shape index (κ2) is 6.77. The zero-order valence-electron chi connectivity index (χ0n) is 13.0. The summed E-state index contributed by atoms with van der Waals surface area (Å²) in [6, 6.07) is 5.43. The van der Waals surface area contributed by atoms with Crippen LogP contribution in [0.2, 0.25) is 0 Å². The predicted molar refractivity (Wildman–Crippen MR) is 84.0 cm³/mol. The van der Waals surface area contributed by atoms with E-state index in [-0.39, 0.29) is 28.6 Å². The van der Waals surface area contributed by atoms with E-state index in [1.807, 2.05) is 13.8 Å². The van der Waals surface area contributed by atoms with Gasteiger partial charge in [-0.25, -0.2) is 12.8 Å². The van der Waals surface area contributed by atoms with Gasteiger partial charge in [-0.05, 0) is 43.0 Å². The maximum absolute atomic E-state index is 12.9. The van der Waals surface area contributed by atoms with Crippen LogP contribution < -0.4 is 0 Å². The molecule has 1 aliphatic heterocycles. The zero-order valence-corrected chi connectivity index (χ0v) is 13.8. The number of nitrogens with zero attached hydrogens (tertiary/aromatic N) is 1. The molecule has 0 spiro atoms. The highest BCUT2D eigenvalue weighted by Gasteiger charge is 2.32. The van der Waals surface area contributed by atoms with E-state index in [1.165, 1.54) is 24.3 Å². The van der Waals surface area contributed by atoms with Crippen LogP contribution in [0.25, 0.3) is 0 Å². The summed E-state index contributed by atoms with van der Waals surface area (Å²) in [6.45, 7) is 4.64. The van der Waals surface area contributed by atoms with Crippen molar-refractivity contribution in [3.63, 3.8) is 0 Å². The van der Waals surface area contributed by atoms with Gasteiger partial charge in [-0.1, -0.05) is 13.8 Å². The highest BCUT2D eigenvalue weighted by molar-refractivity contribution is 7.92. The van der Waals surface area contributed by atoms with Crippen molar-refractivity contribution in [3.8, 4) is 0 Å². The van der Waals surface area contributed by atoms with Crippen LogP contribution in [0.1, 0.15) is 37.0 Å². The number of carbonyl (C=O) groups is 1. The van der Waals surface area contributed by atoms with Crippen LogP contribution in [-0.4, -0.2) is 43.3 Å². The smallest absolute Gasteiger partial charge is 0.253 e. The number of amides is 1. The molecule has 0 bridgehead atoms. The summed E-state index contributed by atoms with van der Waals surface area (Å²) in [4.78, 5) is 13.9.